The maximum absolute atomic E-state index is 13.6. The first-order valence-corrected chi connectivity index (χ1v) is 12.9. The van der Waals surface area contributed by atoms with Crippen molar-refractivity contribution in [1.82, 2.24) is 5.32 Å². The predicted octanol–water partition coefficient (Wildman–Crippen LogP) is 2.92. The van der Waals surface area contributed by atoms with Crippen LogP contribution in [-0.2, 0) is 14.8 Å². The zero-order valence-corrected chi connectivity index (χ0v) is 20.7. The van der Waals surface area contributed by atoms with Gasteiger partial charge in [0.1, 0.15) is 24.2 Å². The number of methoxy groups -OCH3 is 1. The number of carbonyl (C=O) groups excluding carboxylic acids is 1. The number of aryl methyl sites for hydroxylation is 1. The molecule has 1 amide bonds. The third-order valence-electron chi connectivity index (χ3n) is 6.00. The van der Waals surface area contributed by atoms with Gasteiger partial charge in [0.2, 0.25) is 0 Å². The van der Waals surface area contributed by atoms with Crippen LogP contribution in [0.25, 0.3) is 0 Å². The summed E-state index contributed by atoms with van der Waals surface area (Å²) < 4.78 is 51.1. The van der Waals surface area contributed by atoms with Crippen molar-refractivity contribution in [3.05, 3.63) is 72.3 Å². The molecule has 0 spiro atoms. The number of benzene rings is 3. The zero-order valence-electron chi connectivity index (χ0n) is 19.8. The molecule has 0 aromatic heterocycles. The van der Waals surface area contributed by atoms with Gasteiger partial charge in [0, 0.05) is 0 Å². The number of nitrogens with zero attached hydrogens (tertiary/aromatic N) is 1. The summed E-state index contributed by atoms with van der Waals surface area (Å²) in [5, 5.41) is 2.82. The number of hydrogen-bond acceptors (Lipinski definition) is 7. The smallest absolute Gasteiger partial charge is 0.264 e. The quantitative estimate of drug-likeness (QED) is 0.544. The lowest BCUT2D eigenvalue weighted by atomic mass is 10.1. The molecule has 2 aliphatic heterocycles. The molecule has 2 unspecified atom stereocenters. The molecular weight excluding hydrogens is 484 g/mol. The van der Waals surface area contributed by atoms with E-state index in [4.69, 9.17) is 18.9 Å². The van der Waals surface area contributed by atoms with Crippen molar-refractivity contribution in [2.45, 2.75) is 24.0 Å². The van der Waals surface area contributed by atoms with Crippen molar-refractivity contribution in [2.75, 3.05) is 31.1 Å². The van der Waals surface area contributed by atoms with Crippen LogP contribution >= 0.6 is 0 Å². The maximum Gasteiger partial charge on any atom is 0.264 e. The Morgan fingerprint density at radius 2 is 1.78 bits per heavy atom. The first-order chi connectivity index (χ1) is 17.3. The number of rotatable bonds is 6. The lowest BCUT2D eigenvalue weighted by molar-refractivity contribution is -0.128. The molecule has 188 valence electrons. The number of hydrogen-bond donors (Lipinski definition) is 1. The van der Waals surface area contributed by atoms with Crippen molar-refractivity contribution in [1.29, 1.82) is 0 Å². The van der Waals surface area contributed by atoms with E-state index in [0.29, 0.717) is 28.7 Å². The van der Waals surface area contributed by atoms with Gasteiger partial charge < -0.3 is 24.3 Å². The Bertz CT molecular complexity index is 1380. The van der Waals surface area contributed by atoms with Gasteiger partial charge in [-0.05, 0) is 61.0 Å². The molecule has 1 N–H and O–H groups in total. The van der Waals surface area contributed by atoms with Gasteiger partial charge in [-0.1, -0.05) is 18.2 Å². The third-order valence-corrected chi connectivity index (χ3v) is 7.79. The van der Waals surface area contributed by atoms with Gasteiger partial charge >= 0.3 is 0 Å². The van der Waals surface area contributed by atoms with Crippen LogP contribution in [-0.4, -0.2) is 53.3 Å². The molecule has 0 aliphatic carbocycles. The number of sulfonamides is 1. The third kappa shape index (κ3) is 4.64. The van der Waals surface area contributed by atoms with Crippen molar-refractivity contribution >= 4 is 21.6 Å². The molecule has 9 nitrogen and oxygen atoms in total. The Balaban J connectivity index is 1.34. The highest BCUT2D eigenvalue weighted by atomic mass is 32.2. The van der Waals surface area contributed by atoms with Crippen LogP contribution in [0.4, 0.5) is 5.69 Å². The summed E-state index contributed by atoms with van der Waals surface area (Å²) in [6.07, 6.45) is -1.44. The Morgan fingerprint density at radius 1 is 1.03 bits per heavy atom. The van der Waals surface area contributed by atoms with E-state index < -0.39 is 22.0 Å². The van der Waals surface area contributed by atoms with E-state index in [1.807, 2.05) is 25.1 Å². The first-order valence-electron chi connectivity index (χ1n) is 11.5. The number of amides is 1. The largest absolute Gasteiger partial charge is 0.497 e. The number of para-hydroxylation sites is 2. The van der Waals surface area contributed by atoms with Gasteiger partial charge in [-0.3, -0.25) is 9.10 Å². The molecule has 0 saturated carbocycles. The first kappa shape index (κ1) is 23.8. The number of carbonyl (C=O) groups is 1. The molecule has 0 saturated heterocycles. The second kappa shape index (κ2) is 9.62. The summed E-state index contributed by atoms with van der Waals surface area (Å²) in [4.78, 5) is 13.2. The maximum atomic E-state index is 13.6. The second-order valence-corrected chi connectivity index (χ2v) is 10.4. The van der Waals surface area contributed by atoms with E-state index in [0.717, 1.165) is 5.56 Å². The molecule has 3 aromatic rings. The van der Waals surface area contributed by atoms with Crippen LogP contribution in [0.15, 0.2) is 71.6 Å². The predicted molar refractivity (Wildman–Crippen MR) is 132 cm³/mol. The Kier molecular flexibility index (Phi) is 6.36. The molecule has 36 heavy (non-hydrogen) atoms. The van der Waals surface area contributed by atoms with E-state index in [2.05, 4.69) is 5.32 Å². The molecule has 3 aromatic carbocycles. The van der Waals surface area contributed by atoms with Crippen molar-refractivity contribution < 1.29 is 32.2 Å². The van der Waals surface area contributed by atoms with Crippen molar-refractivity contribution in [2.24, 2.45) is 0 Å². The van der Waals surface area contributed by atoms with Crippen molar-refractivity contribution in [3.63, 3.8) is 0 Å². The van der Waals surface area contributed by atoms with Crippen LogP contribution in [0, 0.1) is 6.92 Å². The van der Waals surface area contributed by atoms with Gasteiger partial charge in [0.15, 0.2) is 17.6 Å². The molecule has 10 heteroatoms. The molecule has 0 radical (unpaired) electrons. The fourth-order valence-electron chi connectivity index (χ4n) is 4.09. The average Bonchev–Trinajstić information content (AvgIpc) is 2.90. The molecule has 2 heterocycles. The molecule has 2 atom stereocenters. The highest BCUT2D eigenvalue weighted by Gasteiger charge is 2.38. The van der Waals surface area contributed by atoms with Gasteiger partial charge in [-0.2, -0.15) is 0 Å². The summed E-state index contributed by atoms with van der Waals surface area (Å²) in [5.74, 6) is 1.69. The fraction of sp³-hybridized carbons (Fsp3) is 0.269. The monoisotopic (exact) mass is 510 g/mol. The SMILES string of the molecule is COc1ccc(S(=O)(=O)N2CC(C(=O)NCC3COc4ccccc4O3)Oc3cc(C)ccc32)cc1. The number of fused-ring (bicyclic) bond motifs is 2. The van der Waals surface area contributed by atoms with Crippen LogP contribution in [0.3, 0.4) is 0 Å². The Morgan fingerprint density at radius 3 is 2.53 bits per heavy atom. The van der Waals surface area contributed by atoms with Crippen LogP contribution in [0.5, 0.6) is 23.0 Å². The minimum Gasteiger partial charge on any atom is -0.497 e. The van der Waals surface area contributed by atoms with Gasteiger partial charge in [0.25, 0.3) is 15.9 Å². The molecular formula is C26H26N2O7S. The Hall–Kier alpha value is -3.92. The van der Waals surface area contributed by atoms with Crippen LogP contribution < -0.4 is 28.6 Å². The van der Waals surface area contributed by atoms with E-state index in [1.165, 1.54) is 23.5 Å². The summed E-state index contributed by atoms with van der Waals surface area (Å²) in [6.45, 7) is 2.15. The zero-order chi connectivity index (χ0) is 25.3. The molecule has 5 rings (SSSR count). The average molecular weight is 511 g/mol. The lowest BCUT2D eigenvalue weighted by Gasteiger charge is -2.35. The van der Waals surface area contributed by atoms with E-state index in [9.17, 15) is 13.2 Å². The highest BCUT2D eigenvalue weighted by Crippen LogP contribution is 2.38. The standard InChI is InChI=1S/C26H26N2O7S/c1-17-7-12-21-24(13-17)35-25(15-28(21)36(30,31)20-10-8-18(32-2)9-11-20)26(29)27-14-19-16-33-22-5-3-4-6-23(22)34-19/h3-13,19,25H,14-16H2,1-2H3,(H,27,29). The number of anilines is 1. The summed E-state index contributed by atoms with van der Waals surface area (Å²) in [7, 11) is -2.47. The minimum absolute atomic E-state index is 0.0855. The van der Waals surface area contributed by atoms with Crippen LogP contribution in [0.2, 0.25) is 0 Å². The topological polar surface area (TPSA) is 103 Å². The number of ether oxygens (including phenoxy) is 4. The van der Waals surface area contributed by atoms with Crippen molar-refractivity contribution in [3.8, 4) is 23.0 Å². The second-order valence-electron chi connectivity index (χ2n) is 8.53. The molecule has 2 aliphatic rings. The summed E-state index contributed by atoms with van der Waals surface area (Å²) in [6, 6.07) is 18.6. The van der Waals surface area contributed by atoms with E-state index in [-0.39, 0.29) is 30.7 Å². The summed E-state index contributed by atoms with van der Waals surface area (Å²) in [5.41, 5.74) is 1.25. The molecule has 0 fully saturated rings. The van der Waals surface area contributed by atoms with Gasteiger partial charge in [-0.25, -0.2) is 8.42 Å². The van der Waals surface area contributed by atoms with Gasteiger partial charge in [0.05, 0.1) is 30.8 Å². The fourth-order valence-corrected chi connectivity index (χ4v) is 5.57. The molecule has 0 bridgehead atoms. The van der Waals surface area contributed by atoms with E-state index in [1.54, 1.807) is 36.4 Å². The van der Waals surface area contributed by atoms with Gasteiger partial charge in [-0.15, -0.1) is 0 Å². The van der Waals surface area contributed by atoms with Crippen LogP contribution in [0.1, 0.15) is 5.56 Å². The minimum atomic E-state index is -3.98. The normalized spacial score (nSPS) is 18.6. The van der Waals surface area contributed by atoms with E-state index >= 15 is 0 Å². The highest BCUT2D eigenvalue weighted by molar-refractivity contribution is 7.92. The lowest BCUT2D eigenvalue weighted by Crippen LogP contribution is -2.52. The number of nitrogens with one attached hydrogen (secondary N) is 1. The summed E-state index contributed by atoms with van der Waals surface area (Å²) >= 11 is 0. The Labute approximate surface area is 209 Å².